The van der Waals surface area contributed by atoms with Gasteiger partial charge in [-0.05, 0) is 19.8 Å². The van der Waals surface area contributed by atoms with Gasteiger partial charge in [-0.3, -0.25) is 4.79 Å². The lowest BCUT2D eigenvalue weighted by molar-refractivity contribution is 0.0704. The lowest BCUT2D eigenvalue weighted by Crippen LogP contribution is -2.41. The molecular formula is C11H16N4O. The molecule has 1 saturated carbocycles. The van der Waals surface area contributed by atoms with E-state index >= 15 is 0 Å². The largest absolute Gasteiger partial charge is 0.334 e. The summed E-state index contributed by atoms with van der Waals surface area (Å²) in [6, 6.07) is 0. The highest BCUT2D eigenvalue weighted by molar-refractivity contribution is 5.91. The first kappa shape index (κ1) is 9.81. The third kappa shape index (κ3) is 1.27. The van der Waals surface area contributed by atoms with E-state index < -0.39 is 0 Å². The molecule has 0 aromatic carbocycles. The van der Waals surface area contributed by atoms with Crippen molar-refractivity contribution in [1.82, 2.24) is 19.7 Å². The zero-order valence-electron chi connectivity index (χ0n) is 9.52. The number of rotatable bonds is 2. The van der Waals surface area contributed by atoms with E-state index in [9.17, 15) is 4.79 Å². The van der Waals surface area contributed by atoms with Gasteiger partial charge in [0.1, 0.15) is 5.82 Å². The van der Waals surface area contributed by atoms with Gasteiger partial charge in [0, 0.05) is 25.6 Å². The Hall–Kier alpha value is -1.39. The van der Waals surface area contributed by atoms with Crippen molar-refractivity contribution in [3.8, 4) is 0 Å². The molecule has 0 bridgehead atoms. The Balaban J connectivity index is 1.94. The Labute approximate surface area is 94.5 Å². The summed E-state index contributed by atoms with van der Waals surface area (Å²) in [6.45, 7) is 4.40. The first-order valence-electron chi connectivity index (χ1n) is 6.03. The number of hydrogen-bond acceptors (Lipinski definition) is 3. The van der Waals surface area contributed by atoms with Crippen molar-refractivity contribution in [3.05, 3.63) is 11.6 Å². The molecule has 86 valence electrons. The maximum absolute atomic E-state index is 12.0. The average Bonchev–Trinajstić information content (AvgIpc) is 2.61. The summed E-state index contributed by atoms with van der Waals surface area (Å²) in [6.07, 6.45) is 3.68. The van der Waals surface area contributed by atoms with Crippen LogP contribution in [0.1, 0.15) is 48.5 Å². The van der Waals surface area contributed by atoms with Gasteiger partial charge in [-0.1, -0.05) is 6.42 Å². The molecule has 0 radical (unpaired) electrons. The molecule has 1 aromatic rings. The van der Waals surface area contributed by atoms with Crippen molar-refractivity contribution in [1.29, 1.82) is 0 Å². The minimum Gasteiger partial charge on any atom is -0.334 e. The Morgan fingerprint density at radius 1 is 1.31 bits per heavy atom. The standard InChI is InChI=1S/C11H16N4O/c1-2-14-6-7-15-9(8-4-3-5-8)12-13-10(15)11(14)16/h8H,2-7H2,1H3. The van der Waals surface area contributed by atoms with E-state index in [2.05, 4.69) is 10.2 Å². The number of likely N-dealkylation sites (N-methyl/N-ethyl adjacent to an activating group) is 1. The molecule has 5 heteroatoms. The number of carbonyl (C=O) groups is 1. The molecule has 1 fully saturated rings. The van der Waals surface area contributed by atoms with Crippen LogP contribution in [-0.2, 0) is 6.54 Å². The predicted octanol–water partition coefficient (Wildman–Crippen LogP) is 1.02. The van der Waals surface area contributed by atoms with Gasteiger partial charge in [0.2, 0.25) is 5.82 Å². The quantitative estimate of drug-likeness (QED) is 0.747. The number of amides is 1. The Kier molecular flexibility index (Phi) is 2.19. The van der Waals surface area contributed by atoms with Crippen LogP contribution in [0.3, 0.4) is 0 Å². The van der Waals surface area contributed by atoms with Crippen LogP contribution in [0.25, 0.3) is 0 Å². The number of nitrogens with zero attached hydrogens (tertiary/aromatic N) is 4. The summed E-state index contributed by atoms with van der Waals surface area (Å²) in [5.41, 5.74) is 0. The smallest absolute Gasteiger partial charge is 0.291 e. The lowest BCUT2D eigenvalue weighted by Gasteiger charge is -2.29. The summed E-state index contributed by atoms with van der Waals surface area (Å²) < 4.78 is 2.03. The molecule has 1 aliphatic heterocycles. The second kappa shape index (κ2) is 3.57. The highest BCUT2D eigenvalue weighted by atomic mass is 16.2. The molecule has 0 saturated heterocycles. The molecule has 2 aliphatic rings. The van der Waals surface area contributed by atoms with E-state index in [1.54, 1.807) is 0 Å². The van der Waals surface area contributed by atoms with E-state index in [1.807, 2.05) is 16.4 Å². The van der Waals surface area contributed by atoms with Crippen LogP contribution in [0.4, 0.5) is 0 Å². The predicted molar refractivity (Wildman–Crippen MR) is 58.2 cm³/mol. The van der Waals surface area contributed by atoms with Crippen LogP contribution in [0.2, 0.25) is 0 Å². The third-order valence-electron chi connectivity index (χ3n) is 3.70. The molecule has 0 atom stereocenters. The second-order valence-corrected chi connectivity index (χ2v) is 4.55. The molecule has 0 N–H and O–H groups in total. The van der Waals surface area contributed by atoms with E-state index in [4.69, 9.17) is 0 Å². The summed E-state index contributed by atoms with van der Waals surface area (Å²) in [5, 5.41) is 8.27. The van der Waals surface area contributed by atoms with Crippen molar-refractivity contribution < 1.29 is 4.79 Å². The molecule has 1 aliphatic carbocycles. The Bertz CT molecular complexity index is 422. The summed E-state index contributed by atoms with van der Waals surface area (Å²) in [7, 11) is 0. The van der Waals surface area contributed by atoms with Gasteiger partial charge in [-0.2, -0.15) is 0 Å². The van der Waals surface area contributed by atoms with Crippen LogP contribution in [-0.4, -0.2) is 38.7 Å². The fourth-order valence-corrected chi connectivity index (χ4v) is 2.43. The van der Waals surface area contributed by atoms with Crippen molar-refractivity contribution >= 4 is 5.91 Å². The second-order valence-electron chi connectivity index (χ2n) is 4.55. The van der Waals surface area contributed by atoms with E-state index in [1.165, 1.54) is 19.3 Å². The first-order chi connectivity index (χ1) is 7.81. The van der Waals surface area contributed by atoms with Gasteiger partial charge < -0.3 is 9.47 Å². The minimum atomic E-state index is 0.0341. The molecule has 1 amide bonds. The summed E-state index contributed by atoms with van der Waals surface area (Å²) >= 11 is 0. The SMILES string of the molecule is CCN1CCn2c(nnc2C2CCC2)C1=O. The van der Waals surface area contributed by atoms with Crippen LogP contribution in [0.5, 0.6) is 0 Å². The van der Waals surface area contributed by atoms with E-state index in [0.717, 1.165) is 25.5 Å². The van der Waals surface area contributed by atoms with Crippen LogP contribution in [0.15, 0.2) is 0 Å². The minimum absolute atomic E-state index is 0.0341. The summed E-state index contributed by atoms with van der Waals surface area (Å²) in [5.74, 6) is 2.15. The topological polar surface area (TPSA) is 51.0 Å². The first-order valence-corrected chi connectivity index (χ1v) is 6.03. The maximum atomic E-state index is 12.0. The number of hydrogen-bond donors (Lipinski definition) is 0. The van der Waals surface area contributed by atoms with Crippen LogP contribution in [0, 0.1) is 0 Å². The van der Waals surface area contributed by atoms with Crippen molar-refractivity contribution in [2.24, 2.45) is 0 Å². The molecule has 0 unspecified atom stereocenters. The van der Waals surface area contributed by atoms with Gasteiger partial charge in [0.25, 0.3) is 5.91 Å². The highest BCUT2D eigenvalue weighted by Gasteiger charge is 2.32. The van der Waals surface area contributed by atoms with Crippen molar-refractivity contribution in [2.75, 3.05) is 13.1 Å². The van der Waals surface area contributed by atoms with Crippen molar-refractivity contribution in [2.45, 2.75) is 38.6 Å². The average molecular weight is 220 g/mol. The maximum Gasteiger partial charge on any atom is 0.291 e. The zero-order valence-corrected chi connectivity index (χ0v) is 9.52. The fourth-order valence-electron chi connectivity index (χ4n) is 2.43. The van der Waals surface area contributed by atoms with Gasteiger partial charge in [-0.15, -0.1) is 10.2 Å². The number of aromatic nitrogens is 3. The fraction of sp³-hybridized carbons (Fsp3) is 0.727. The van der Waals surface area contributed by atoms with Crippen LogP contribution < -0.4 is 0 Å². The van der Waals surface area contributed by atoms with E-state index in [0.29, 0.717) is 11.7 Å². The van der Waals surface area contributed by atoms with Gasteiger partial charge in [0.15, 0.2) is 0 Å². The highest BCUT2D eigenvalue weighted by Crippen LogP contribution is 2.35. The molecule has 3 rings (SSSR count). The zero-order chi connectivity index (χ0) is 11.1. The number of fused-ring (bicyclic) bond motifs is 1. The van der Waals surface area contributed by atoms with Gasteiger partial charge >= 0.3 is 0 Å². The van der Waals surface area contributed by atoms with Crippen molar-refractivity contribution in [3.63, 3.8) is 0 Å². The molecule has 16 heavy (non-hydrogen) atoms. The van der Waals surface area contributed by atoms with Gasteiger partial charge in [-0.25, -0.2) is 0 Å². The summed E-state index contributed by atoms with van der Waals surface area (Å²) in [4.78, 5) is 13.8. The Morgan fingerprint density at radius 2 is 2.12 bits per heavy atom. The molecular weight excluding hydrogens is 204 g/mol. The normalized spacial score (nSPS) is 20.8. The van der Waals surface area contributed by atoms with Gasteiger partial charge in [0.05, 0.1) is 0 Å². The third-order valence-corrected chi connectivity index (χ3v) is 3.70. The molecule has 5 nitrogen and oxygen atoms in total. The Morgan fingerprint density at radius 3 is 2.75 bits per heavy atom. The lowest BCUT2D eigenvalue weighted by atomic mass is 9.85. The number of carbonyl (C=O) groups excluding carboxylic acids is 1. The molecule has 0 spiro atoms. The molecule has 2 heterocycles. The van der Waals surface area contributed by atoms with Crippen LogP contribution >= 0.6 is 0 Å². The van der Waals surface area contributed by atoms with E-state index in [-0.39, 0.29) is 5.91 Å². The molecule has 1 aromatic heterocycles. The monoisotopic (exact) mass is 220 g/mol.